The molecular formula is C27H48BrNO. The van der Waals surface area contributed by atoms with Crippen LogP contribution in [-0.2, 0) is 11.2 Å². The Balaban J connectivity index is 0.00000450. The fourth-order valence-electron chi connectivity index (χ4n) is 4.68. The van der Waals surface area contributed by atoms with E-state index in [9.17, 15) is 0 Å². The molecule has 1 aromatic rings. The number of unbranched alkanes of at least 4 members (excludes halogenated alkanes) is 13. The summed E-state index contributed by atoms with van der Waals surface area (Å²) in [5.74, 6) is 0. The first-order valence-electron chi connectivity index (χ1n) is 12.7. The van der Waals surface area contributed by atoms with Crippen LogP contribution < -0.4 is 5.32 Å². The highest BCUT2D eigenvalue weighted by Gasteiger charge is 2.32. The van der Waals surface area contributed by atoms with Crippen LogP contribution in [0.4, 0.5) is 0 Å². The molecule has 0 aliphatic carbocycles. The molecule has 0 saturated carbocycles. The second-order valence-electron chi connectivity index (χ2n) is 9.22. The van der Waals surface area contributed by atoms with Gasteiger partial charge in [-0.25, -0.2) is 0 Å². The van der Waals surface area contributed by atoms with E-state index in [-0.39, 0.29) is 22.6 Å². The quantitative estimate of drug-likeness (QED) is 0.227. The molecule has 0 aromatic heterocycles. The van der Waals surface area contributed by atoms with E-state index < -0.39 is 0 Å². The first kappa shape index (κ1) is 27.7. The highest BCUT2D eigenvalue weighted by atomic mass is 79.9. The van der Waals surface area contributed by atoms with Crippen LogP contribution in [0.2, 0.25) is 0 Å². The summed E-state index contributed by atoms with van der Waals surface area (Å²) in [6.45, 7) is 5.14. The Kier molecular flexibility index (Phi) is 16.8. The number of nitrogens with one attached hydrogen (secondary N) is 1. The number of hydrogen-bond donors (Lipinski definition) is 1. The zero-order valence-electron chi connectivity index (χ0n) is 19.6. The molecule has 1 aromatic carbocycles. The summed E-state index contributed by atoms with van der Waals surface area (Å²) in [7, 11) is 0. The number of hydrogen-bond acceptors (Lipinski definition) is 2. The van der Waals surface area contributed by atoms with Crippen molar-refractivity contribution in [3.05, 3.63) is 35.9 Å². The van der Waals surface area contributed by atoms with Crippen molar-refractivity contribution in [3.8, 4) is 0 Å². The SMILES string of the molecule is Br.CCCCCCCCCCCCCCCCC1(Cc2ccccc2)CNCCO1. The molecule has 1 unspecified atom stereocenters. The number of ether oxygens (including phenoxy) is 1. The Hall–Kier alpha value is -0.380. The number of halogens is 1. The fraction of sp³-hybridized carbons (Fsp3) is 0.778. The third-order valence-electron chi connectivity index (χ3n) is 6.49. The summed E-state index contributed by atoms with van der Waals surface area (Å²) in [5, 5.41) is 3.57. The number of morpholine rings is 1. The normalized spacial score (nSPS) is 18.8. The van der Waals surface area contributed by atoms with Crippen molar-refractivity contribution in [2.24, 2.45) is 0 Å². The summed E-state index contributed by atoms with van der Waals surface area (Å²) in [6, 6.07) is 10.9. The molecule has 2 rings (SSSR count). The van der Waals surface area contributed by atoms with Crippen LogP contribution in [0.1, 0.15) is 109 Å². The van der Waals surface area contributed by atoms with Gasteiger partial charge < -0.3 is 10.1 Å². The average Bonchev–Trinajstić information content (AvgIpc) is 2.75. The molecule has 0 radical (unpaired) electrons. The summed E-state index contributed by atoms with van der Waals surface area (Å²) >= 11 is 0. The van der Waals surface area contributed by atoms with Crippen molar-refractivity contribution in [2.75, 3.05) is 19.7 Å². The molecule has 1 heterocycles. The monoisotopic (exact) mass is 481 g/mol. The van der Waals surface area contributed by atoms with Gasteiger partial charge in [0.1, 0.15) is 0 Å². The Morgan fingerprint density at radius 2 is 1.30 bits per heavy atom. The third-order valence-corrected chi connectivity index (χ3v) is 6.49. The van der Waals surface area contributed by atoms with E-state index in [0.29, 0.717) is 0 Å². The van der Waals surface area contributed by atoms with E-state index in [1.54, 1.807) is 0 Å². The fourth-order valence-corrected chi connectivity index (χ4v) is 4.68. The number of rotatable bonds is 17. The first-order chi connectivity index (χ1) is 14.3. The van der Waals surface area contributed by atoms with Crippen molar-refractivity contribution < 1.29 is 4.74 Å². The molecule has 3 heteroatoms. The van der Waals surface area contributed by atoms with E-state index in [4.69, 9.17) is 4.74 Å². The van der Waals surface area contributed by atoms with E-state index in [1.165, 1.54) is 102 Å². The third kappa shape index (κ3) is 12.5. The van der Waals surface area contributed by atoms with Gasteiger partial charge in [-0.05, 0) is 12.0 Å². The molecular weight excluding hydrogens is 434 g/mol. The average molecular weight is 483 g/mol. The Bertz CT molecular complexity index is 487. The van der Waals surface area contributed by atoms with Gasteiger partial charge in [0.05, 0.1) is 12.2 Å². The zero-order chi connectivity index (χ0) is 20.5. The maximum absolute atomic E-state index is 6.32. The molecule has 1 N–H and O–H groups in total. The standard InChI is InChI=1S/C27H47NO.BrH/c1-2-3-4-5-6-7-8-9-10-11-12-13-14-18-21-27(25-28-22-23-29-27)24-26-19-16-15-17-20-26;/h15-17,19-20,28H,2-14,18,21-25H2,1H3;1H. The predicted octanol–water partition coefficient (Wildman–Crippen LogP) is 8.04. The summed E-state index contributed by atoms with van der Waals surface area (Å²) in [4.78, 5) is 0. The highest BCUT2D eigenvalue weighted by Crippen LogP contribution is 2.26. The van der Waals surface area contributed by atoms with E-state index >= 15 is 0 Å². The maximum Gasteiger partial charge on any atom is 0.0847 e. The van der Waals surface area contributed by atoms with Crippen LogP contribution in [0, 0.1) is 0 Å². The predicted molar refractivity (Wildman–Crippen MR) is 137 cm³/mol. The molecule has 0 amide bonds. The van der Waals surface area contributed by atoms with Gasteiger partial charge in [0.15, 0.2) is 0 Å². The van der Waals surface area contributed by atoms with Crippen LogP contribution in [-0.4, -0.2) is 25.3 Å². The minimum Gasteiger partial charge on any atom is -0.372 e. The van der Waals surface area contributed by atoms with Crippen molar-refractivity contribution in [1.82, 2.24) is 5.32 Å². The lowest BCUT2D eigenvalue weighted by Gasteiger charge is -2.38. The lowest BCUT2D eigenvalue weighted by atomic mass is 9.87. The molecule has 1 aliphatic heterocycles. The molecule has 174 valence electrons. The molecule has 1 atom stereocenters. The van der Waals surface area contributed by atoms with Crippen LogP contribution in [0.25, 0.3) is 0 Å². The molecule has 0 spiro atoms. The Morgan fingerprint density at radius 1 is 0.767 bits per heavy atom. The lowest BCUT2D eigenvalue weighted by molar-refractivity contribution is -0.0720. The molecule has 1 aliphatic rings. The molecule has 1 saturated heterocycles. The molecule has 30 heavy (non-hydrogen) atoms. The van der Waals surface area contributed by atoms with Crippen molar-refractivity contribution in [2.45, 2.75) is 115 Å². The lowest BCUT2D eigenvalue weighted by Crippen LogP contribution is -2.51. The van der Waals surface area contributed by atoms with Crippen LogP contribution >= 0.6 is 17.0 Å². The Labute approximate surface area is 197 Å². The zero-order valence-corrected chi connectivity index (χ0v) is 21.4. The summed E-state index contributed by atoms with van der Waals surface area (Å²) in [5.41, 5.74) is 1.41. The van der Waals surface area contributed by atoms with Gasteiger partial charge in [0.2, 0.25) is 0 Å². The van der Waals surface area contributed by atoms with Crippen molar-refractivity contribution in [1.29, 1.82) is 0 Å². The van der Waals surface area contributed by atoms with Gasteiger partial charge >= 0.3 is 0 Å². The van der Waals surface area contributed by atoms with Crippen LogP contribution in [0.3, 0.4) is 0 Å². The summed E-state index contributed by atoms with van der Waals surface area (Å²) in [6.07, 6.45) is 22.1. The van der Waals surface area contributed by atoms with Crippen molar-refractivity contribution >= 4 is 17.0 Å². The topological polar surface area (TPSA) is 21.3 Å². The molecule has 2 nitrogen and oxygen atoms in total. The van der Waals surface area contributed by atoms with Crippen LogP contribution in [0.15, 0.2) is 30.3 Å². The van der Waals surface area contributed by atoms with E-state index in [1.807, 2.05) is 0 Å². The van der Waals surface area contributed by atoms with Gasteiger partial charge in [0, 0.05) is 19.5 Å². The number of benzene rings is 1. The largest absolute Gasteiger partial charge is 0.372 e. The first-order valence-corrected chi connectivity index (χ1v) is 12.7. The van der Waals surface area contributed by atoms with Gasteiger partial charge in [-0.1, -0.05) is 127 Å². The Morgan fingerprint density at radius 3 is 1.80 bits per heavy atom. The van der Waals surface area contributed by atoms with Gasteiger partial charge in [-0.2, -0.15) is 0 Å². The molecule has 1 fully saturated rings. The minimum atomic E-state index is 0. The smallest absolute Gasteiger partial charge is 0.0847 e. The minimum absolute atomic E-state index is 0. The second-order valence-corrected chi connectivity index (χ2v) is 9.22. The van der Waals surface area contributed by atoms with Crippen molar-refractivity contribution in [3.63, 3.8) is 0 Å². The highest BCUT2D eigenvalue weighted by molar-refractivity contribution is 8.93. The molecule has 0 bridgehead atoms. The van der Waals surface area contributed by atoms with Gasteiger partial charge in [0.25, 0.3) is 0 Å². The van der Waals surface area contributed by atoms with E-state index in [0.717, 1.165) is 26.1 Å². The van der Waals surface area contributed by atoms with E-state index in [2.05, 4.69) is 42.6 Å². The van der Waals surface area contributed by atoms with Crippen LogP contribution in [0.5, 0.6) is 0 Å². The van der Waals surface area contributed by atoms with Gasteiger partial charge in [-0.3, -0.25) is 0 Å². The summed E-state index contributed by atoms with van der Waals surface area (Å²) < 4.78 is 6.32. The maximum atomic E-state index is 6.32. The van der Waals surface area contributed by atoms with Gasteiger partial charge in [-0.15, -0.1) is 17.0 Å². The second kappa shape index (κ2) is 18.2.